The van der Waals surface area contributed by atoms with E-state index in [1.54, 1.807) is 74.9 Å². The van der Waals surface area contributed by atoms with Crippen LogP contribution in [0.2, 0.25) is 0 Å². The first-order chi connectivity index (χ1) is 24.9. The van der Waals surface area contributed by atoms with Crippen LogP contribution in [0, 0.1) is 11.3 Å². The Morgan fingerprint density at radius 3 is 2.19 bits per heavy atom. The van der Waals surface area contributed by atoms with Gasteiger partial charge in [0, 0.05) is 27.1 Å². The lowest BCUT2D eigenvalue weighted by Gasteiger charge is -2.36. The minimum absolute atomic E-state index is 0.0974. The van der Waals surface area contributed by atoms with Gasteiger partial charge < -0.3 is 35.8 Å². The highest BCUT2D eigenvalue weighted by atomic mass is 32.2. The van der Waals surface area contributed by atoms with Crippen molar-refractivity contribution in [3.63, 3.8) is 0 Å². The number of likely N-dealkylation sites (tertiary alicyclic amines) is 1. The molecule has 16 heteroatoms. The highest BCUT2D eigenvalue weighted by Crippen LogP contribution is 2.50. The summed E-state index contributed by atoms with van der Waals surface area (Å²) >= 11 is 3.40. The van der Waals surface area contributed by atoms with Gasteiger partial charge in [0.2, 0.25) is 29.4 Å². The van der Waals surface area contributed by atoms with Crippen molar-refractivity contribution in [3.05, 3.63) is 35.9 Å². The summed E-state index contributed by atoms with van der Waals surface area (Å²) in [6.07, 6.45) is 1.18. The maximum atomic E-state index is 14.3. The molecule has 1 aromatic carbocycles. The van der Waals surface area contributed by atoms with E-state index in [-0.39, 0.29) is 31.4 Å². The number of nitrogens with zero attached hydrogens (tertiary/aromatic N) is 2. The van der Waals surface area contributed by atoms with Gasteiger partial charge in [0.1, 0.15) is 18.1 Å². The zero-order valence-corrected chi connectivity index (χ0v) is 33.7. The third-order valence-corrected chi connectivity index (χ3v) is 12.1. The molecule has 0 aliphatic carbocycles. The quantitative estimate of drug-likeness (QED) is 0.193. The summed E-state index contributed by atoms with van der Waals surface area (Å²) in [6, 6.07) is 4.44. The largest absolute Gasteiger partial charge is 0.449 e. The Balaban J connectivity index is 1.75. The van der Waals surface area contributed by atoms with E-state index in [1.807, 2.05) is 34.6 Å². The minimum atomic E-state index is -1.22. The number of amides is 6. The van der Waals surface area contributed by atoms with Crippen molar-refractivity contribution in [3.8, 4) is 0 Å². The van der Waals surface area contributed by atoms with Crippen LogP contribution in [0.25, 0.3) is 0 Å². The molecule has 294 valence electrons. The van der Waals surface area contributed by atoms with Crippen LogP contribution in [0.1, 0.15) is 78.8 Å². The fourth-order valence-corrected chi connectivity index (χ4v) is 9.33. The van der Waals surface area contributed by atoms with Gasteiger partial charge in [-0.1, -0.05) is 78.3 Å². The summed E-state index contributed by atoms with van der Waals surface area (Å²) in [6.45, 7) is 10.9. The highest BCUT2D eigenvalue weighted by molar-refractivity contribution is 8.18. The predicted octanol–water partition coefficient (Wildman–Crippen LogP) is 2.87. The van der Waals surface area contributed by atoms with E-state index in [0.29, 0.717) is 18.4 Å². The van der Waals surface area contributed by atoms with Gasteiger partial charge in [0.15, 0.2) is 0 Å². The first-order valence-electron chi connectivity index (χ1n) is 18.1. The van der Waals surface area contributed by atoms with Crippen molar-refractivity contribution in [1.29, 1.82) is 0 Å². The number of alkyl carbamates (subject to hydrolysis) is 1. The van der Waals surface area contributed by atoms with E-state index in [0.717, 1.165) is 17.9 Å². The maximum absolute atomic E-state index is 14.3. The van der Waals surface area contributed by atoms with Gasteiger partial charge in [-0.15, -0.1) is 23.5 Å². The Morgan fingerprint density at radius 2 is 1.62 bits per heavy atom. The van der Waals surface area contributed by atoms with Gasteiger partial charge in [-0.2, -0.15) is 0 Å². The average molecular weight is 777 g/mol. The normalized spacial score (nSPS) is 18.4. The molecule has 0 aromatic heterocycles. The van der Waals surface area contributed by atoms with E-state index < -0.39 is 75.7 Å². The number of ether oxygens (including phenoxy) is 1. The topological polar surface area (TPSA) is 183 Å². The van der Waals surface area contributed by atoms with Gasteiger partial charge in [0.25, 0.3) is 5.91 Å². The molecule has 3 rings (SSSR count). The fourth-order valence-electron chi connectivity index (χ4n) is 5.98. The second kappa shape index (κ2) is 19.5. The summed E-state index contributed by atoms with van der Waals surface area (Å²) in [7, 11) is 3.12. The molecule has 2 aliphatic heterocycles. The van der Waals surface area contributed by atoms with Crippen LogP contribution < -0.4 is 21.3 Å². The molecule has 4 N–H and O–H groups in total. The third kappa shape index (κ3) is 12.4. The summed E-state index contributed by atoms with van der Waals surface area (Å²) in [5.41, 5.74) is -0.182. The summed E-state index contributed by atoms with van der Waals surface area (Å²) < 4.78 is 4.87. The van der Waals surface area contributed by atoms with Crippen molar-refractivity contribution in [2.75, 3.05) is 45.3 Å². The van der Waals surface area contributed by atoms with E-state index in [2.05, 4.69) is 21.3 Å². The Labute approximate surface area is 321 Å². The molecule has 6 amide bonds. The van der Waals surface area contributed by atoms with Gasteiger partial charge in [-0.25, -0.2) is 4.79 Å². The molecule has 0 saturated carbocycles. The van der Waals surface area contributed by atoms with Crippen molar-refractivity contribution in [2.24, 2.45) is 11.3 Å². The van der Waals surface area contributed by atoms with Gasteiger partial charge in [-0.3, -0.25) is 28.8 Å². The van der Waals surface area contributed by atoms with E-state index in [9.17, 15) is 33.6 Å². The van der Waals surface area contributed by atoms with Crippen molar-refractivity contribution in [2.45, 2.75) is 95.5 Å². The average Bonchev–Trinajstić information content (AvgIpc) is 3.48. The number of nitrogens with one attached hydrogen (secondary N) is 4. The van der Waals surface area contributed by atoms with Crippen molar-refractivity contribution >= 4 is 64.9 Å². The number of hydrogen-bond donors (Lipinski definition) is 4. The zero-order valence-electron chi connectivity index (χ0n) is 32.1. The third-order valence-electron chi connectivity index (χ3n) is 8.79. The lowest BCUT2D eigenvalue weighted by Crippen LogP contribution is -2.59. The Kier molecular flexibility index (Phi) is 16.1. The number of carbonyl (C=O) groups is 7. The number of ketones is 1. The molecular weight excluding hydrogens is 721 g/mol. The minimum Gasteiger partial charge on any atom is -0.449 e. The zero-order chi connectivity index (χ0) is 39.5. The molecule has 0 bridgehead atoms. The maximum Gasteiger partial charge on any atom is 0.407 e. The summed E-state index contributed by atoms with van der Waals surface area (Å²) in [4.78, 5) is 96.2. The van der Waals surface area contributed by atoms with Crippen LogP contribution in [-0.4, -0.2) is 119 Å². The lowest BCUT2D eigenvalue weighted by atomic mass is 9.85. The molecule has 53 heavy (non-hydrogen) atoms. The number of likely N-dealkylation sites (N-methyl/N-ethyl adjacent to an activating group) is 1. The second-order valence-corrected chi connectivity index (χ2v) is 18.3. The number of hydrogen-bond acceptors (Lipinski definition) is 10. The van der Waals surface area contributed by atoms with Crippen LogP contribution in [0.3, 0.4) is 0 Å². The lowest BCUT2D eigenvalue weighted by molar-refractivity contribution is -0.144. The van der Waals surface area contributed by atoms with Crippen LogP contribution in [0.5, 0.6) is 0 Å². The number of carbonyl (C=O) groups excluding carboxylic acids is 7. The molecule has 2 heterocycles. The molecule has 2 fully saturated rings. The first kappa shape index (κ1) is 43.6. The molecule has 2 unspecified atom stereocenters. The van der Waals surface area contributed by atoms with Gasteiger partial charge in [-0.05, 0) is 41.2 Å². The van der Waals surface area contributed by atoms with Crippen molar-refractivity contribution in [1.82, 2.24) is 31.1 Å². The highest BCUT2D eigenvalue weighted by Gasteiger charge is 2.53. The first-order valence-corrected chi connectivity index (χ1v) is 20.1. The van der Waals surface area contributed by atoms with E-state index >= 15 is 0 Å². The van der Waals surface area contributed by atoms with Crippen LogP contribution >= 0.6 is 23.5 Å². The standard InChI is InChI=1S/C37H56N6O8S2/c1-9-14-25(29(45)32(47)38-20-27(44)40-28(33(48)42(7)8)24-15-11-10-12-16-24)39-31(46)26-19-37(52-17-13-18-53-37)22-43(26)34(49)30(36(4,5)6)41-35(50)51-21-23(2)3/h10-12,15-16,23,25-26,28,30H,9,13-14,17-22H2,1-8H3,(H,38,47)(H,39,46)(H,40,44)(H,41,50)/t25?,26-,28?,30+/m0/s1. The predicted molar refractivity (Wildman–Crippen MR) is 206 cm³/mol. The Hall–Kier alpha value is -3.79. The fraction of sp³-hybridized carbons (Fsp3) is 0.649. The van der Waals surface area contributed by atoms with Gasteiger partial charge in [0.05, 0.1) is 23.3 Å². The van der Waals surface area contributed by atoms with E-state index in [1.165, 1.54) is 9.80 Å². The van der Waals surface area contributed by atoms with Crippen LogP contribution in [-0.2, 0) is 33.5 Å². The van der Waals surface area contributed by atoms with Crippen LogP contribution in [0.15, 0.2) is 30.3 Å². The molecular formula is C37H56N6O8S2. The number of Topliss-reactive ketones (excluding diaryl/α,β-unsaturated/α-hetero) is 1. The molecule has 1 spiro atoms. The SMILES string of the molecule is CCCC(NC(=O)[C@@H]1CC2(CN1C(=O)[C@@H](NC(=O)OCC(C)C)C(C)(C)C)SCCCS2)C(=O)C(=O)NCC(=O)NC(C(=O)N(C)C)c1ccccc1. The van der Waals surface area contributed by atoms with E-state index in [4.69, 9.17) is 4.74 Å². The molecule has 4 atom stereocenters. The van der Waals surface area contributed by atoms with Gasteiger partial charge >= 0.3 is 6.09 Å². The number of benzene rings is 1. The van der Waals surface area contributed by atoms with Crippen LogP contribution in [0.4, 0.5) is 4.79 Å². The Bertz CT molecular complexity index is 1480. The molecule has 2 aliphatic rings. The second-order valence-electron chi connectivity index (χ2n) is 15.1. The summed E-state index contributed by atoms with van der Waals surface area (Å²) in [5, 5.41) is 10.4. The monoisotopic (exact) mass is 776 g/mol. The molecule has 2 saturated heterocycles. The number of rotatable bonds is 15. The molecule has 0 radical (unpaired) electrons. The molecule has 1 aromatic rings. The van der Waals surface area contributed by atoms with Crippen molar-refractivity contribution < 1.29 is 38.3 Å². The smallest absolute Gasteiger partial charge is 0.407 e. The molecule has 14 nitrogen and oxygen atoms in total. The summed E-state index contributed by atoms with van der Waals surface area (Å²) in [5.74, 6) is -2.26. The number of thioether (sulfide) groups is 2. The Morgan fingerprint density at radius 1 is 0.981 bits per heavy atom.